The van der Waals surface area contributed by atoms with E-state index in [0.29, 0.717) is 12.8 Å². The molecular formula is C13H23N2O3. The molecule has 1 aliphatic heterocycles. The van der Waals surface area contributed by atoms with Gasteiger partial charge in [0, 0.05) is 30.0 Å². The smallest absolute Gasteiger partial charge is 0.220 e. The molecule has 0 aromatic rings. The van der Waals surface area contributed by atoms with Gasteiger partial charge in [0.2, 0.25) is 5.91 Å². The summed E-state index contributed by atoms with van der Waals surface area (Å²) in [5.74, 6) is -0.113. The number of rotatable bonds is 4. The number of amides is 1. The molecule has 1 rings (SSSR count). The van der Waals surface area contributed by atoms with E-state index in [4.69, 9.17) is 0 Å². The monoisotopic (exact) mass is 255 g/mol. The largest absolute Gasteiger partial charge is 0.353 e. The lowest BCUT2D eigenvalue weighted by atomic mass is 9.79. The van der Waals surface area contributed by atoms with Gasteiger partial charge in [-0.05, 0) is 40.5 Å². The molecule has 0 aliphatic carbocycles. The van der Waals surface area contributed by atoms with Gasteiger partial charge in [-0.25, -0.2) is 0 Å². The van der Waals surface area contributed by atoms with E-state index in [1.807, 2.05) is 27.7 Å². The fourth-order valence-corrected chi connectivity index (χ4v) is 2.86. The van der Waals surface area contributed by atoms with Crippen molar-refractivity contribution in [2.24, 2.45) is 0 Å². The second-order valence-electron chi connectivity index (χ2n) is 6.30. The highest BCUT2D eigenvalue weighted by Crippen LogP contribution is 2.36. The molecule has 1 heterocycles. The average Bonchev–Trinajstić information content (AvgIpc) is 2.22. The lowest BCUT2D eigenvalue weighted by molar-refractivity contribution is -0.290. The molecule has 0 saturated carbocycles. The number of nitrogens with one attached hydrogen (secondary N) is 1. The Morgan fingerprint density at radius 1 is 1.28 bits per heavy atom. The molecule has 0 spiro atoms. The van der Waals surface area contributed by atoms with E-state index in [0.717, 1.165) is 11.3 Å². The number of piperidine rings is 1. The number of hydrogen-bond acceptors (Lipinski definition) is 3. The van der Waals surface area contributed by atoms with Crippen LogP contribution in [0.5, 0.6) is 0 Å². The summed E-state index contributed by atoms with van der Waals surface area (Å²) >= 11 is 0. The zero-order valence-electron chi connectivity index (χ0n) is 11.7. The van der Waals surface area contributed by atoms with Crippen molar-refractivity contribution >= 4 is 12.2 Å². The maximum Gasteiger partial charge on any atom is 0.220 e. The molecular weight excluding hydrogens is 232 g/mol. The SMILES string of the molecule is CC1(C)CC(NC(=O)CCC=O)CC(C)(C)N1[O]. The van der Waals surface area contributed by atoms with E-state index < -0.39 is 11.1 Å². The molecule has 0 bridgehead atoms. The van der Waals surface area contributed by atoms with Crippen LogP contribution >= 0.6 is 0 Å². The van der Waals surface area contributed by atoms with Gasteiger partial charge in [-0.1, -0.05) is 0 Å². The minimum atomic E-state index is -0.482. The summed E-state index contributed by atoms with van der Waals surface area (Å²) in [6, 6.07) is -0.000600. The van der Waals surface area contributed by atoms with Crippen LogP contribution in [0.15, 0.2) is 0 Å². The summed E-state index contributed by atoms with van der Waals surface area (Å²) in [4.78, 5) is 21.8. The molecule has 1 radical (unpaired) electrons. The summed E-state index contributed by atoms with van der Waals surface area (Å²) in [5, 5.41) is 16.2. The third-order valence-electron chi connectivity index (χ3n) is 3.45. The van der Waals surface area contributed by atoms with Crippen molar-refractivity contribution in [3.05, 3.63) is 0 Å². The normalized spacial score (nSPS) is 23.6. The molecule has 5 heteroatoms. The Labute approximate surface area is 108 Å². The van der Waals surface area contributed by atoms with Crippen molar-refractivity contribution in [2.45, 2.75) is 70.5 Å². The van der Waals surface area contributed by atoms with Crippen LogP contribution in [0.25, 0.3) is 0 Å². The van der Waals surface area contributed by atoms with Crippen LogP contribution in [0, 0.1) is 0 Å². The van der Waals surface area contributed by atoms with Crippen molar-refractivity contribution in [2.75, 3.05) is 0 Å². The Kier molecular flexibility index (Phi) is 4.50. The lowest BCUT2D eigenvalue weighted by Crippen LogP contribution is -2.62. The van der Waals surface area contributed by atoms with E-state index in [-0.39, 0.29) is 24.8 Å². The molecule has 18 heavy (non-hydrogen) atoms. The Balaban J connectivity index is 2.63. The lowest BCUT2D eigenvalue weighted by Gasteiger charge is -2.50. The van der Waals surface area contributed by atoms with Gasteiger partial charge in [0.05, 0.1) is 0 Å². The number of nitrogens with zero attached hydrogens (tertiary/aromatic N) is 1. The quantitative estimate of drug-likeness (QED) is 0.773. The van der Waals surface area contributed by atoms with E-state index in [1.54, 1.807) is 0 Å². The third-order valence-corrected chi connectivity index (χ3v) is 3.45. The fraction of sp³-hybridized carbons (Fsp3) is 0.846. The number of hydroxylamine groups is 2. The first kappa shape index (κ1) is 15.1. The van der Waals surface area contributed by atoms with E-state index >= 15 is 0 Å². The molecule has 0 atom stereocenters. The molecule has 1 saturated heterocycles. The van der Waals surface area contributed by atoms with Gasteiger partial charge < -0.3 is 10.1 Å². The summed E-state index contributed by atoms with van der Waals surface area (Å²) < 4.78 is 0. The van der Waals surface area contributed by atoms with Gasteiger partial charge in [-0.2, -0.15) is 0 Å². The van der Waals surface area contributed by atoms with Crippen LogP contribution in [0.3, 0.4) is 0 Å². The first-order valence-corrected chi connectivity index (χ1v) is 6.39. The van der Waals surface area contributed by atoms with Crippen LogP contribution in [0.2, 0.25) is 0 Å². The van der Waals surface area contributed by atoms with E-state index in [1.165, 1.54) is 0 Å². The molecule has 5 nitrogen and oxygen atoms in total. The van der Waals surface area contributed by atoms with Crippen molar-refractivity contribution in [1.29, 1.82) is 0 Å². The topological polar surface area (TPSA) is 69.3 Å². The average molecular weight is 255 g/mol. The molecule has 0 aromatic carbocycles. The van der Waals surface area contributed by atoms with Gasteiger partial charge in [-0.3, -0.25) is 4.79 Å². The highest BCUT2D eigenvalue weighted by atomic mass is 16.5. The summed E-state index contributed by atoms with van der Waals surface area (Å²) in [7, 11) is 0. The van der Waals surface area contributed by atoms with Crippen molar-refractivity contribution in [1.82, 2.24) is 10.4 Å². The van der Waals surface area contributed by atoms with Gasteiger partial charge in [0.15, 0.2) is 0 Å². The molecule has 1 amide bonds. The highest BCUT2D eigenvalue weighted by molar-refractivity contribution is 5.78. The van der Waals surface area contributed by atoms with E-state index in [9.17, 15) is 14.8 Å². The molecule has 1 aliphatic rings. The van der Waals surface area contributed by atoms with Gasteiger partial charge in [0.25, 0.3) is 0 Å². The predicted octanol–water partition coefficient (Wildman–Crippen LogP) is 1.45. The van der Waals surface area contributed by atoms with Gasteiger partial charge in [-0.15, -0.1) is 10.3 Å². The predicted molar refractivity (Wildman–Crippen MR) is 67.1 cm³/mol. The standard InChI is InChI=1S/C13H23N2O3/c1-12(2)8-10(9-13(3,4)15(12)18)14-11(17)6-5-7-16/h7,10H,5-6,8-9H2,1-4H3,(H,14,17). The van der Waals surface area contributed by atoms with Crippen molar-refractivity contribution in [3.8, 4) is 0 Å². The third kappa shape index (κ3) is 3.53. The molecule has 1 N–H and O–H groups in total. The summed E-state index contributed by atoms with van der Waals surface area (Å²) in [6.07, 6.45) is 2.48. The maximum absolute atomic E-state index is 12.1. The fourth-order valence-electron chi connectivity index (χ4n) is 2.86. The van der Waals surface area contributed by atoms with Crippen LogP contribution in [-0.4, -0.2) is 34.4 Å². The Morgan fingerprint density at radius 3 is 2.22 bits per heavy atom. The van der Waals surface area contributed by atoms with Crippen LogP contribution in [-0.2, 0) is 14.8 Å². The summed E-state index contributed by atoms with van der Waals surface area (Å²) in [6.45, 7) is 7.58. The minimum Gasteiger partial charge on any atom is -0.353 e. The van der Waals surface area contributed by atoms with Crippen LogP contribution < -0.4 is 5.32 Å². The van der Waals surface area contributed by atoms with Gasteiger partial charge in [0.1, 0.15) is 6.29 Å². The minimum absolute atomic E-state index is 0.000600. The van der Waals surface area contributed by atoms with Crippen LogP contribution in [0.1, 0.15) is 53.4 Å². The van der Waals surface area contributed by atoms with Crippen molar-refractivity contribution in [3.63, 3.8) is 0 Å². The van der Waals surface area contributed by atoms with Crippen LogP contribution in [0.4, 0.5) is 0 Å². The number of carbonyl (C=O) groups is 2. The number of hydrogen-bond donors (Lipinski definition) is 1. The Bertz CT molecular complexity index is 308. The maximum atomic E-state index is 12.1. The summed E-state index contributed by atoms with van der Waals surface area (Å²) in [5.41, 5.74) is -0.964. The zero-order chi connectivity index (χ0) is 14.0. The molecule has 0 unspecified atom stereocenters. The Hall–Kier alpha value is -0.940. The molecule has 0 aromatic heterocycles. The molecule has 103 valence electrons. The number of aldehydes is 1. The first-order chi connectivity index (χ1) is 8.19. The van der Waals surface area contributed by atoms with Gasteiger partial charge >= 0.3 is 0 Å². The second-order valence-corrected chi connectivity index (χ2v) is 6.30. The molecule has 1 fully saturated rings. The first-order valence-electron chi connectivity index (χ1n) is 6.39. The number of carbonyl (C=O) groups excluding carboxylic acids is 2. The van der Waals surface area contributed by atoms with E-state index in [2.05, 4.69) is 5.32 Å². The second kappa shape index (κ2) is 5.36. The zero-order valence-corrected chi connectivity index (χ0v) is 11.7. The highest BCUT2D eigenvalue weighted by Gasteiger charge is 2.46. The Morgan fingerprint density at radius 2 is 1.78 bits per heavy atom. The van der Waals surface area contributed by atoms with Crippen molar-refractivity contribution < 1.29 is 14.8 Å².